The molecule has 1 heterocycles. The van der Waals surface area contributed by atoms with Gasteiger partial charge in [0.05, 0.1) is 10.0 Å². The van der Waals surface area contributed by atoms with Crippen LogP contribution in [0.25, 0.3) is 6.08 Å². The molecule has 1 N–H and O–H groups in total. The van der Waals surface area contributed by atoms with Gasteiger partial charge in [0.2, 0.25) is 6.79 Å². The number of ether oxygens (including phenoxy) is 2. The van der Waals surface area contributed by atoms with Gasteiger partial charge < -0.3 is 14.6 Å². The number of hydrogen-bond acceptors (Lipinski definition) is 4. The van der Waals surface area contributed by atoms with Gasteiger partial charge >= 0.3 is 0 Å². The molecule has 0 radical (unpaired) electrons. The molecule has 0 aromatic heterocycles. The van der Waals surface area contributed by atoms with Crippen molar-refractivity contribution in [3.05, 3.63) is 56.5 Å². The Hall–Kier alpha value is -1.79. The van der Waals surface area contributed by atoms with Gasteiger partial charge in [0.25, 0.3) is 0 Å². The molecule has 0 fully saturated rings. The van der Waals surface area contributed by atoms with E-state index in [1.54, 1.807) is 30.3 Å². The van der Waals surface area contributed by atoms with Crippen LogP contribution in [0.4, 0.5) is 0 Å². The van der Waals surface area contributed by atoms with E-state index >= 15 is 0 Å². The predicted molar refractivity (Wildman–Crippen MR) is 89.4 cm³/mol. The zero-order chi connectivity index (χ0) is 15.7. The number of halogens is 2. The summed E-state index contributed by atoms with van der Waals surface area (Å²) >= 11 is 6.51. The van der Waals surface area contributed by atoms with Crippen molar-refractivity contribution < 1.29 is 19.4 Å². The number of phenolic OH excluding ortho intramolecular Hbond substituents is 1. The standard InChI is InChI=1S/C16H10Br2O4/c17-10-6-11(16(20)12(18)7-10)13(19)3-1-9-2-4-14-15(5-9)22-8-21-14/h1-7,20H,8H2. The van der Waals surface area contributed by atoms with Gasteiger partial charge in [-0.05, 0) is 51.8 Å². The van der Waals surface area contributed by atoms with Gasteiger partial charge in [0.15, 0.2) is 17.3 Å². The fourth-order valence-corrected chi connectivity index (χ4v) is 3.26. The molecule has 112 valence electrons. The highest BCUT2D eigenvalue weighted by Gasteiger charge is 2.14. The van der Waals surface area contributed by atoms with E-state index in [2.05, 4.69) is 31.9 Å². The number of hydrogen-bond donors (Lipinski definition) is 1. The van der Waals surface area contributed by atoms with Gasteiger partial charge in [0.1, 0.15) is 5.75 Å². The topological polar surface area (TPSA) is 55.8 Å². The number of benzene rings is 2. The predicted octanol–water partition coefficient (Wildman–Crippen LogP) is 4.54. The number of carbonyl (C=O) groups excluding carboxylic acids is 1. The highest BCUT2D eigenvalue weighted by atomic mass is 79.9. The van der Waals surface area contributed by atoms with Crippen LogP contribution in [-0.2, 0) is 0 Å². The second kappa shape index (κ2) is 6.14. The van der Waals surface area contributed by atoms with Gasteiger partial charge in [-0.2, -0.15) is 0 Å². The molecule has 1 aliphatic heterocycles. The highest BCUT2D eigenvalue weighted by molar-refractivity contribution is 9.11. The number of rotatable bonds is 3. The summed E-state index contributed by atoms with van der Waals surface area (Å²) in [7, 11) is 0. The first kappa shape index (κ1) is 15.1. The second-order valence-corrected chi connectivity index (χ2v) is 6.36. The summed E-state index contributed by atoms with van der Waals surface area (Å²) in [5, 5.41) is 9.96. The van der Waals surface area contributed by atoms with Crippen molar-refractivity contribution in [2.75, 3.05) is 6.79 Å². The van der Waals surface area contributed by atoms with Gasteiger partial charge in [0, 0.05) is 4.47 Å². The van der Waals surface area contributed by atoms with Crippen molar-refractivity contribution in [1.82, 2.24) is 0 Å². The fraction of sp³-hybridized carbons (Fsp3) is 0.0625. The third kappa shape index (κ3) is 3.03. The lowest BCUT2D eigenvalue weighted by Gasteiger charge is -2.04. The van der Waals surface area contributed by atoms with Crippen molar-refractivity contribution >= 4 is 43.7 Å². The largest absolute Gasteiger partial charge is 0.506 e. The monoisotopic (exact) mass is 424 g/mol. The van der Waals surface area contributed by atoms with Gasteiger partial charge in [-0.15, -0.1) is 0 Å². The minimum atomic E-state index is -0.294. The molecule has 2 aromatic carbocycles. The SMILES string of the molecule is O=C(C=Cc1ccc2c(c1)OCO2)c1cc(Br)cc(Br)c1O. The molecule has 6 heteroatoms. The summed E-state index contributed by atoms with van der Waals surface area (Å²) in [5.74, 6) is 0.973. The van der Waals surface area contributed by atoms with Crippen molar-refractivity contribution in [3.8, 4) is 17.2 Å². The summed E-state index contributed by atoms with van der Waals surface area (Å²) in [6, 6.07) is 8.66. The molecule has 0 saturated heterocycles. The first-order chi connectivity index (χ1) is 10.5. The fourth-order valence-electron chi connectivity index (χ4n) is 2.03. The molecule has 0 bridgehead atoms. The van der Waals surface area contributed by atoms with Crippen molar-refractivity contribution in [1.29, 1.82) is 0 Å². The summed E-state index contributed by atoms with van der Waals surface area (Å²) in [6.07, 6.45) is 3.07. The molecule has 1 aliphatic rings. The first-order valence-electron chi connectivity index (χ1n) is 6.34. The third-order valence-corrected chi connectivity index (χ3v) is 4.18. The lowest BCUT2D eigenvalue weighted by molar-refractivity contribution is 0.104. The number of fused-ring (bicyclic) bond motifs is 1. The highest BCUT2D eigenvalue weighted by Crippen LogP contribution is 2.34. The quantitative estimate of drug-likeness (QED) is 0.579. The van der Waals surface area contributed by atoms with Crippen LogP contribution in [0, 0.1) is 0 Å². The maximum atomic E-state index is 12.2. The number of allylic oxidation sites excluding steroid dienone is 1. The summed E-state index contributed by atoms with van der Waals surface area (Å²) in [5.41, 5.74) is 1.03. The van der Waals surface area contributed by atoms with Crippen LogP contribution in [0.15, 0.2) is 45.4 Å². The first-order valence-corrected chi connectivity index (χ1v) is 7.93. The van der Waals surface area contributed by atoms with Crippen LogP contribution < -0.4 is 9.47 Å². The average molecular weight is 426 g/mol. The number of carbonyl (C=O) groups is 1. The zero-order valence-corrected chi connectivity index (χ0v) is 14.3. The van der Waals surface area contributed by atoms with Crippen LogP contribution in [-0.4, -0.2) is 17.7 Å². The van der Waals surface area contributed by atoms with E-state index in [-0.39, 0.29) is 23.9 Å². The second-order valence-electron chi connectivity index (χ2n) is 4.59. The Morgan fingerprint density at radius 1 is 1.14 bits per heavy atom. The molecule has 0 saturated carbocycles. The van der Waals surface area contributed by atoms with Crippen LogP contribution in [0.3, 0.4) is 0 Å². The summed E-state index contributed by atoms with van der Waals surface area (Å²) in [4.78, 5) is 12.2. The third-order valence-electron chi connectivity index (χ3n) is 3.12. The van der Waals surface area contributed by atoms with E-state index < -0.39 is 0 Å². The maximum absolute atomic E-state index is 12.2. The van der Waals surface area contributed by atoms with Crippen LogP contribution in [0.5, 0.6) is 17.2 Å². The van der Waals surface area contributed by atoms with Crippen molar-refractivity contribution in [2.24, 2.45) is 0 Å². The smallest absolute Gasteiger partial charge is 0.231 e. The molecule has 3 rings (SSSR count). The normalized spacial score (nSPS) is 12.8. The van der Waals surface area contributed by atoms with Gasteiger partial charge in [-0.25, -0.2) is 0 Å². The van der Waals surface area contributed by atoms with Crippen LogP contribution in [0.1, 0.15) is 15.9 Å². The minimum Gasteiger partial charge on any atom is -0.506 e. The molecule has 2 aromatic rings. The van der Waals surface area contributed by atoms with Crippen LogP contribution >= 0.6 is 31.9 Å². The van der Waals surface area contributed by atoms with E-state index in [0.717, 1.165) is 5.56 Å². The molecule has 0 spiro atoms. The molecule has 22 heavy (non-hydrogen) atoms. The summed E-state index contributed by atoms with van der Waals surface area (Å²) < 4.78 is 11.7. The van der Waals surface area contributed by atoms with Crippen LogP contribution in [0.2, 0.25) is 0 Å². The van der Waals surface area contributed by atoms with Gasteiger partial charge in [-0.1, -0.05) is 28.1 Å². The molecular formula is C16H10Br2O4. The van der Waals surface area contributed by atoms with Crippen molar-refractivity contribution in [2.45, 2.75) is 0 Å². The molecule has 0 atom stereocenters. The average Bonchev–Trinajstić information content (AvgIpc) is 2.96. The molecule has 0 amide bonds. The zero-order valence-electron chi connectivity index (χ0n) is 11.2. The Morgan fingerprint density at radius 3 is 2.73 bits per heavy atom. The number of ketones is 1. The van der Waals surface area contributed by atoms with E-state index in [9.17, 15) is 9.90 Å². The lowest BCUT2D eigenvalue weighted by atomic mass is 10.1. The minimum absolute atomic E-state index is 0.0801. The Balaban J connectivity index is 1.85. The number of phenols is 1. The Kier molecular flexibility index (Phi) is 4.22. The molecule has 4 nitrogen and oxygen atoms in total. The Labute approximate surface area is 143 Å². The van der Waals surface area contributed by atoms with E-state index in [1.165, 1.54) is 6.08 Å². The van der Waals surface area contributed by atoms with E-state index in [0.29, 0.717) is 20.4 Å². The Bertz CT molecular complexity index is 784. The van der Waals surface area contributed by atoms with E-state index in [4.69, 9.17) is 9.47 Å². The van der Waals surface area contributed by atoms with Gasteiger partial charge in [-0.3, -0.25) is 4.79 Å². The maximum Gasteiger partial charge on any atom is 0.231 e. The number of aromatic hydroxyl groups is 1. The Morgan fingerprint density at radius 2 is 1.91 bits per heavy atom. The molecule has 0 aliphatic carbocycles. The van der Waals surface area contributed by atoms with E-state index in [1.807, 2.05) is 6.07 Å². The molecular weight excluding hydrogens is 416 g/mol. The lowest BCUT2D eigenvalue weighted by Crippen LogP contribution is -1.95. The molecule has 0 unspecified atom stereocenters. The van der Waals surface area contributed by atoms with Crippen molar-refractivity contribution in [3.63, 3.8) is 0 Å². The summed E-state index contributed by atoms with van der Waals surface area (Å²) in [6.45, 7) is 0.210.